The predicted molar refractivity (Wildman–Crippen MR) is 118 cm³/mol. The van der Waals surface area contributed by atoms with Crippen molar-refractivity contribution < 1.29 is 13.9 Å². The minimum atomic E-state index is -0.625. The summed E-state index contributed by atoms with van der Waals surface area (Å²) in [5.74, 6) is 0.0704. The quantitative estimate of drug-likeness (QED) is 0.408. The normalized spacial score (nSPS) is 10.7. The van der Waals surface area contributed by atoms with Crippen LogP contribution in [0.3, 0.4) is 0 Å². The third kappa shape index (κ3) is 4.22. The molecule has 0 saturated heterocycles. The van der Waals surface area contributed by atoms with Gasteiger partial charge in [-0.15, -0.1) is 0 Å². The third-order valence-corrected chi connectivity index (χ3v) is 4.84. The summed E-state index contributed by atoms with van der Waals surface area (Å²) in [5.41, 5.74) is 1.85. The zero-order valence-electron chi connectivity index (χ0n) is 16.6. The Hall–Kier alpha value is -3.85. The molecule has 0 aliphatic heterocycles. The predicted octanol–water partition coefficient (Wildman–Crippen LogP) is 4.91. The van der Waals surface area contributed by atoms with Gasteiger partial charge < -0.3 is 20.7 Å². The Morgan fingerprint density at radius 1 is 1.13 bits per heavy atom. The van der Waals surface area contributed by atoms with Crippen LogP contribution in [0.1, 0.15) is 0 Å². The van der Waals surface area contributed by atoms with Crippen molar-refractivity contribution in [2.75, 3.05) is 24.8 Å². The number of hydrogen-bond acceptors (Lipinski definition) is 6. The number of nitrogens with zero attached hydrogens (tertiary/aromatic N) is 3. The van der Waals surface area contributed by atoms with Crippen molar-refractivity contribution in [3.63, 3.8) is 0 Å². The molecule has 3 N–H and O–H groups in total. The molecule has 4 aromatic rings. The van der Waals surface area contributed by atoms with Gasteiger partial charge in [-0.05, 0) is 36.4 Å². The van der Waals surface area contributed by atoms with Gasteiger partial charge in [0.15, 0.2) is 11.6 Å². The third-order valence-electron chi connectivity index (χ3n) is 4.54. The number of carbonyl (C=O) groups excluding carboxylic acids is 1. The van der Waals surface area contributed by atoms with Crippen LogP contribution in [0, 0.1) is 5.82 Å². The first kappa shape index (κ1) is 20.4. The van der Waals surface area contributed by atoms with E-state index in [1.165, 1.54) is 11.7 Å². The number of fused-ring (bicyclic) bond motifs is 1. The van der Waals surface area contributed by atoms with E-state index in [4.69, 9.17) is 16.3 Å². The number of aromatic nitrogens is 3. The smallest absolute Gasteiger partial charge is 0.325 e. The molecule has 0 spiro atoms. The Bertz CT molecular complexity index is 1280. The maximum absolute atomic E-state index is 14.4. The lowest BCUT2D eigenvalue weighted by Crippen LogP contribution is -2.23. The number of ether oxygens (including phenoxy) is 1. The highest BCUT2D eigenvalue weighted by Crippen LogP contribution is 2.29. The van der Waals surface area contributed by atoms with Crippen LogP contribution in [0.5, 0.6) is 5.75 Å². The molecule has 2 aromatic heterocycles. The Morgan fingerprint density at radius 3 is 2.65 bits per heavy atom. The van der Waals surface area contributed by atoms with E-state index >= 15 is 0 Å². The Balaban J connectivity index is 1.60. The maximum Gasteiger partial charge on any atom is 0.325 e. The summed E-state index contributed by atoms with van der Waals surface area (Å²) in [6, 6.07) is 12.0. The van der Waals surface area contributed by atoms with Crippen LogP contribution in [0.15, 0.2) is 54.9 Å². The van der Waals surface area contributed by atoms with Gasteiger partial charge in [0.2, 0.25) is 5.95 Å². The molecule has 0 saturated carbocycles. The summed E-state index contributed by atoms with van der Waals surface area (Å²) in [4.78, 5) is 20.2. The zero-order valence-corrected chi connectivity index (χ0v) is 17.4. The van der Waals surface area contributed by atoms with Crippen LogP contribution in [-0.2, 0) is 0 Å². The van der Waals surface area contributed by atoms with E-state index in [0.29, 0.717) is 27.7 Å². The molecule has 2 heterocycles. The first-order valence-corrected chi connectivity index (χ1v) is 9.59. The average Bonchev–Trinajstić information content (AvgIpc) is 3.19. The number of carbonyl (C=O) groups is 1. The highest BCUT2D eigenvalue weighted by molar-refractivity contribution is 6.32. The van der Waals surface area contributed by atoms with Gasteiger partial charge in [0.25, 0.3) is 0 Å². The number of rotatable bonds is 5. The molecular weight excluding hydrogens is 423 g/mol. The maximum atomic E-state index is 14.4. The summed E-state index contributed by atoms with van der Waals surface area (Å²) in [7, 11) is 3.08. The largest absolute Gasteiger partial charge is 0.495 e. The number of methoxy groups -OCH3 is 1. The molecule has 0 atom stereocenters. The van der Waals surface area contributed by atoms with Crippen LogP contribution in [0.4, 0.5) is 32.3 Å². The number of anilines is 4. The SMILES string of the molecule is CNC(=O)n1ccc2ccc(Nc3nc(Nc4ccc(OC)c(Cl)c4)ncc3F)cc21. The highest BCUT2D eigenvalue weighted by atomic mass is 35.5. The van der Waals surface area contributed by atoms with Gasteiger partial charge >= 0.3 is 6.03 Å². The molecule has 0 radical (unpaired) electrons. The second-order valence-corrected chi connectivity index (χ2v) is 6.91. The molecule has 0 unspecified atom stereocenters. The molecule has 0 aliphatic carbocycles. The zero-order chi connectivity index (χ0) is 22.0. The van der Waals surface area contributed by atoms with E-state index in [1.807, 2.05) is 12.1 Å². The van der Waals surface area contributed by atoms with Crippen LogP contribution in [0.25, 0.3) is 10.9 Å². The summed E-state index contributed by atoms with van der Waals surface area (Å²) in [6.07, 6.45) is 2.73. The van der Waals surface area contributed by atoms with Crippen LogP contribution in [-0.4, -0.2) is 34.7 Å². The fourth-order valence-corrected chi connectivity index (χ4v) is 3.29. The number of hydrogen-bond donors (Lipinski definition) is 3. The lowest BCUT2D eigenvalue weighted by atomic mass is 10.2. The molecular formula is C21H18ClFN6O2. The summed E-state index contributed by atoms with van der Waals surface area (Å²) >= 11 is 6.13. The second-order valence-electron chi connectivity index (χ2n) is 6.50. The fraction of sp³-hybridized carbons (Fsp3) is 0.0952. The molecule has 158 valence electrons. The van der Waals surface area contributed by atoms with E-state index in [9.17, 15) is 9.18 Å². The summed E-state index contributed by atoms with van der Waals surface area (Å²) < 4.78 is 20.9. The first-order valence-electron chi connectivity index (χ1n) is 9.22. The molecule has 31 heavy (non-hydrogen) atoms. The molecule has 2 aromatic carbocycles. The highest BCUT2D eigenvalue weighted by Gasteiger charge is 2.11. The number of halogens is 2. The minimum absolute atomic E-state index is 0.0190. The average molecular weight is 441 g/mol. The van der Waals surface area contributed by atoms with Crippen molar-refractivity contribution in [2.24, 2.45) is 0 Å². The Kier molecular flexibility index (Phi) is 5.59. The molecule has 4 rings (SSSR count). The number of nitrogens with one attached hydrogen (secondary N) is 3. The monoisotopic (exact) mass is 440 g/mol. The topological polar surface area (TPSA) is 93.1 Å². The standard InChI is InChI=1S/C21H18ClFN6O2/c1-24-21(30)29-8-7-12-3-4-14(10-17(12)29)26-19-16(23)11-25-20(28-19)27-13-5-6-18(31-2)15(22)9-13/h3-11H,1-2H3,(H,24,30)(H2,25,26,27,28). The van der Waals surface area contributed by atoms with Gasteiger partial charge in [0.1, 0.15) is 5.75 Å². The van der Waals surface area contributed by atoms with Gasteiger partial charge in [-0.1, -0.05) is 17.7 Å². The molecule has 10 heteroatoms. The number of benzene rings is 2. The van der Waals surface area contributed by atoms with E-state index in [0.717, 1.165) is 11.6 Å². The van der Waals surface area contributed by atoms with Crippen molar-refractivity contribution in [1.29, 1.82) is 0 Å². The van der Waals surface area contributed by atoms with Crippen LogP contribution >= 0.6 is 11.6 Å². The van der Waals surface area contributed by atoms with E-state index < -0.39 is 5.82 Å². The van der Waals surface area contributed by atoms with Crippen molar-refractivity contribution in [3.8, 4) is 5.75 Å². The Labute approximate surface area is 182 Å². The van der Waals surface area contributed by atoms with Crippen molar-refractivity contribution in [3.05, 3.63) is 65.7 Å². The van der Waals surface area contributed by atoms with E-state index in [2.05, 4.69) is 25.9 Å². The molecule has 1 amide bonds. The summed E-state index contributed by atoms with van der Waals surface area (Å²) in [5, 5.41) is 9.78. The Morgan fingerprint density at radius 2 is 1.90 bits per heavy atom. The van der Waals surface area contributed by atoms with Gasteiger partial charge in [0.05, 0.1) is 23.8 Å². The lowest BCUT2D eigenvalue weighted by Gasteiger charge is -2.11. The van der Waals surface area contributed by atoms with Crippen molar-refractivity contribution in [1.82, 2.24) is 19.9 Å². The van der Waals surface area contributed by atoms with Crippen molar-refractivity contribution >= 4 is 51.7 Å². The van der Waals surface area contributed by atoms with E-state index in [-0.39, 0.29) is 17.8 Å². The molecule has 8 nitrogen and oxygen atoms in total. The van der Waals surface area contributed by atoms with Gasteiger partial charge in [0, 0.05) is 30.0 Å². The van der Waals surface area contributed by atoms with Crippen molar-refractivity contribution in [2.45, 2.75) is 0 Å². The van der Waals surface area contributed by atoms with E-state index in [1.54, 1.807) is 43.6 Å². The molecule has 0 aliphatic rings. The van der Waals surface area contributed by atoms with Crippen LogP contribution in [0.2, 0.25) is 5.02 Å². The van der Waals surface area contributed by atoms with Gasteiger partial charge in [-0.25, -0.2) is 14.2 Å². The molecule has 0 fully saturated rings. The second kappa shape index (κ2) is 8.49. The first-order chi connectivity index (χ1) is 15.0. The summed E-state index contributed by atoms with van der Waals surface area (Å²) in [6.45, 7) is 0. The number of amides is 1. The van der Waals surface area contributed by atoms with Crippen LogP contribution < -0.4 is 20.7 Å². The fourth-order valence-electron chi connectivity index (χ4n) is 3.03. The molecule has 0 bridgehead atoms. The lowest BCUT2D eigenvalue weighted by molar-refractivity contribution is 0.245. The minimum Gasteiger partial charge on any atom is -0.495 e. The van der Waals surface area contributed by atoms with Gasteiger partial charge in [-0.3, -0.25) is 4.57 Å². The van der Waals surface area contributed by atoms with Gasteiger partial charge in [-0.2, -0.15) is 4.98 Å².